The minimum atomic E-state index is -1.00. The fourth-order valence-corrected chi connectivity index (χ4v) is 1.80. The topological polar surface area (TPSA) is 80.9 Å². The monoisotopic (exact) mass is 264 g/mol. The van der Waals surface area contributed by atoms with E-state index in [4.69, 9.17) is 0 Å². The van der Waals surface area contributed by atoms with Crippen molar-refractivity contribution < 1.29 is 14.3 Å². The van der Waals surface area contributed by atoms with Crippen LogP contribution in [-0.2, 0) is 24.7 Å². The van der Waals surface area contributed by atoms with Crippen LogP contribution >= 0.6 is 0 Å². The van der Waals surface area contributed by atoms with E-state index in [-0.39, 0.29) is 12.8 Å². The van der Waals surface area contributed by atoms with Gasteiger partial charge in [0.05, 0.1) is 13.0 Å². The molecule has 0 spiro atoms. The van der Waals surface area contributed by atoms with Crippen molar-refractivity contribution in [2.75, 3.05) is 0 Å². The maximum atomic E-state index is 13.5. The number of tetrazole rings is 1. The van der Waals surface area contributed by atoms with Crippen LogP contribution in [0.25, 0.3) is 0 Å². The highest BCUT2D eigenvalue weighted by atomic mass is 19.1. The predicted octanol–water partition coefficient (Wildman–Crippen LogP) is 0.835. The van der Waals surface area contributed by atoms with Crippen LogP contribution in [0.15, 0.2) is 24.3 Å². The highest BCUT2D eigenvalue weighted by Gasteiger charge is 2.22. The molecule has 7 heteroatoms. The molecule has 2 rings (SSSR count). The van der Waals surface area contributed by atoms with Crippen LogP contribution in [0, 0.1) is 11.7 Å². The van der Waals surface area contributed by atoms with E-state index in [0.29, 0.717) is 11.4 Å². The van der Waals surface area contributed by atoms with E-state index < -0.39 is 17.7 Å². The SMILES string of the molecule is Cn1nnc(CC(Cc2ccccc2F)C(=O)O)n1. The number of halogens is 1. The fraction of sp³-hybridized carbons (Fsp3) is 0.333. The first kappa shape index (κ1) is 13.1. The molecule has 0 aliphatic rings. The molecule has 0 fully saturated rings. The summed E-state index contributed by atoms with van der Waals surface area (Å²) in [5.41, 5.74) is 0.374. The molecule has 1 atom stereocenters. The molecule has 19 heavy (non-hydrogen) atoms. The van der Waals surface area contributed by atoms with Crippen LogP contribution < -0.4 is 0 Å². The Hall–Kier alpha value is -2.31. The van der Waals surface area contributed by atoms with E-state index in [0.717, 1.165) is 0 Å². The number of carboxylic acid groups (broad SMARTS) is 1. The van der Waals surface area contributed by atoms with Gasteiger partial charge in [-0.1, -0.05) is 18.2 Å². The first-order valence-electron chi connectivity index (χ1n) is 5.75. The van der Waals surface area contributed by atoms with Crippen LogP contribution in [0.3, 0.4) is 0 Å². The van der Waals surface area contributed by atoms with E-state index in [1.807, 2.05) is 0 Å². The normalized spacial score (nSPS) is 12.3. The molecular formula is C12H13FN4O2. The average molecular weight is 264 g/mol. The first-order chi connectivity index (χ1) is 9.06. The number of benzene rings is 1. The molecule has 1 unspecified atom stereocenters. The van der Waals surface area contributed by atoms with Crippen molar-refractivity contribution in [3.8, 4) is 0 Å². The lowest BCUT2D eigenvalue weighted by Gasteiger charge is -2.10. The number of hydrogen-bond donors (Lipinski definition) is 1. The number of nitrogens with zero attached hydrogens (tertiary/aromatic N) is 4. The van der Waals surface area contributed by atoms with Crippen molar-refractivity contribution in [2.24, 2.45) is 13.0 Å². The molecule has 0 amide bonds. The molecular weight excluding hydrogens is 251 g/mol. The number of carboxylic acids is 1. The van der Waals surface area contributed by atoms with Gasteiger partial charge in [0.15, 0.2) is 5.82 Å². The zero-order valence-electron chi connectivity index (χ0n) is 10.3. The van der Waals surface area contributed by atoms with Crippen molar-refractivity contribution in [2.45, 2.75) is 12.8 Å². The molecule has 100 valence electrons. The average Bonchev–Trinajstić information content (AvgIpc) is 2.76. The van der Waals surface area contributed by atoms with Crippen molar-refractivity contribution in [3.63, 3.8) is 0 Å². The molecule has 0 saturated heterocycles. The van der Waals surface area contributed by atoms with Gasteiger partial charge in [-0.2, -0.15) is 4.80 Å². The first-order valence-corrected chi connectivity index (χ1v) is 5.75. The van der Waals surface area contributed by atoms with Crippen molar-refractivity contribution in [1.29, 1.82) is 0 Å². The molecule has 2 aromatic rings. The van der Waals surface area contributed by atoms with Gasteiger partial charge in [0.1, 0.15) is 5.82 Å². The second kappa shape index (κ2) is 5.55. The second-order valence-electron chi connectivity index (χ2n) is 4.23. The summed E-state index contributed by atoms with van der Waals surface area (Å²) in [7, 11) is 1.60. The number of aryl methyl sites for hydroxylation is 1. The summed E-state index contributed by atoms with van der Waals surface area (Å²) in [6, 6.07) is 6.14. The van der Waals surface area contributed by atoms with Gasteiger partial charge in [-0.3, -0.25) is 4.79 Å². The van der Waals surface area contributed by atoms with Crippen LogP contribution in [0.5, 0.6) is 0 Å². The van der Waals surface area contributed by atoms with Gasteiger partial charge >= 0.3 is 5.97 Å². The highest BCUT2D eigenvalue weighted by molar-refractivity contribution is 5.70. The number of rotatable bonds is 5. The highest BCUT2D eigenvalue weighted by Crippen LogP contribution is 2.15. The van der Waals surface area contributed by atoms with Gasteiger partial charge in [0.25, 0.3) is 0 Å². The summed E-state index contributed by atoms with van der Waals surface area (Å²) in [5.74, 6) is -1.84. The minimum absolute atomic E-state index is 0.0975. The van der Waals surface area contributed by atoms with E-state index >= 15 is 0 Å². The number of aliphatic carboxylic acids is 1. The van der Waals surface area contributed by atoms with Crippen molar-refractivity contribution >= 4 is 5.97 Å². The molecule has 0 saturated carbocycles. The van der Waals surface area contributed by atoms with Crippen molar-refractivity contribution in [1.82, 2.24) is 20.2 Å². The molecule has 0 bridgehead atoms. The largest absolute Gasteiger partial charge is 0.481 e. The maximum Gasteiger partial charge on any atom is 0.307 e. The van der Waals surface area contributed by atoms with Gasteiger partial charge in [0.2, 0.25) is 0 Å². The molecule has 0 aliphatic heterocycles. The quantitative estimate of drug-likeness (QED) is 0.865. The molecule has 0 radical (unpaired) electrons. The Labute approximate surface area is 108 Å². The molecule has 1 aromatic carbocycles. The summed E-state index contributed by atoms with van der Waals surface area (Å²) >= 11 is 0. The Morgan fingerprint density at radius 1 is 1.42 bits per heavy atom. The summed E-state index contributed by atoms with van der Waals surface area (Å²) in [5, 5.41) is 20.5. The third kappa shape index (κ3) is 3.34. The lowest BCUT2D eigenvalue weighted by molar-refractivity contribution is -0.141. The zero-order valence-corrected chi connectivity index (χ0v) is 10.3. The zero-order chi connectivity index (χ0) is 13.8. The molecule has 6 nitrogen and oxygen atoms in total. The van der Waals surface area contributed by atoms with E-state index in [9.17, 15) is 14.3 Å². The standard InChI is InChI=1S/C12H13FN4O2/c1-17-15-11(14-16-17)7-9(12(18)19)6-8-4-2-3-5-10(8)13/h2-5,9H,6-7H2,1H3,(H,18,19). The smallest absolute Gasteiger partial charge is 0.307 e. The van der Waals surface area contributed by atoms with Gasteiger partial charge in [-0.25, -0.2) is 4.39 Å². The van der Waals surface area contributed by atoms with Crippen LogP contribution in [0.4, 0.5) is 4.39 Å². The van der Waals surface area contributed by atoms with Crippen LogP contribution in [-0.4, -0.2) is 31.3 Å². The van der Waals surface area contributed by atoms with E-state index in [2.05, 4.69) is 15.4 Å². The van der Waals surface area contributed by atoms with Gasteiger partial charge in [-0.15, -0.1) is 10.2 Å². The van der Waals surface area contributed by atoms with E-state index in [1.54, 1.807) is 25.2 Å². The fourth-order valence-electron chi connectivity index (χ4n) is 1.80. The molecule has 1 aromatic heterocycles. The van der Waals surface area contributed by atoms with E-state index in [1.165, 1.54) is 10.9 Å². The lowest BCUT2D eigenvalue weighted by atomic mass is 9.96. The Balaban J connectivity index is 2.13. The van der Waals surface area contributed by atoms with Crippen molar-refractivity contribution in [3.05, 3.63) is 41.5 Å². The van der Waals surface area contributed by atoms with Gasteiger partial charge in [0, 0.05) is 6.42 Å². The van der Waals surface area contributed by atoms with Gasteiger partial charge in [-0.05, 0) is 23.3 Å². The number of hydrogen-bond acceptors (Lipinski definition) is 4. The Bertz CT molecular complexity index is 585. The summed E-state index contributed by atoms with van der Waals surface area (Å²) < 4.78 is 13.5. The molecule has 1 heterocycles. The Kier molecular flexibility index (Phi) is 3.84. The third-order valence-electron chi connectivity index (χ3n) is 2.75. The summed E-state index contributed by atoms with van der Waals surface area (Å²) in [6.07, 6.45) is 0.220. The Morgan fingerprint density at radius 2 is 2.16 bits per heavy atom. The third-order valence-corrected chi connectivity index (χ3v) is 2.75. The number of carbonyl (C=O) groups is 1. The lowest BCUT2D eigenvalue weighted by Crippen LogP contribution is -2.20. The van der Waals surface area contributed by atoms with Crippen LogP contribution in [0.1, 0.15) is 11.4 Å². The maximum absolute atomic E-state index is 13.5. The van der Waals surface area contributed by atoms with Gasteiger partial charge < -0.3 is 5.11 Å². The minimum Gasteiger partial charge on any atom is -0.481 e. The Morgan fingerprint density at radius 3 is 2.74 bits per heavy atom. The van der Waals surface area contributed by atoms with Crippen LogP contribution in [0.2, 0.25) is 0 Å². The second-order valence-corrected chi connectivity index (χ2v) is 4.23. The molecule has 1 N–H and O–H groups in total. The predicted molar refractivity (Wildman–Crippen MR) is 63.7 cm³/mol. The number of aromatic nitrogens is 4. The summed E-state index contributed by atoms with van der Waals surface area (Å²) in [4.78, 5) is 12.5. The summed E-state index contributed by atoms with van der Waals surface area (Å²) in [6.45, 7) is 0. The molecule has 0 aliphatic carbocycles.